The van der Waals surface area contributed by atoms with Gasteiger partial charge in [-0.1, -0.05) is 30.3 Å². The molecule has 0 atom stereocenters. The van der Waals surface area contributed by atoms with Gasteiger partial charge in [-0.15, -0.1) is 0 Å². The third-order valence-corrected chi connectivity index (χ3v) is 4.48. The first-order valence-corrected chi connectivity index (χ1v) is 8.59. The van der Waals surface area contributed by atoms with Gasteiger partial charge in [-0.25, -0.2) is 9.97 Å². The number of nitriles is 1. The summed E-state index contributed by atoms with van der Waals surface area (Å²) in [5.41, 5.74) is 3.11. The quantitative estimate of drug-likeness (QED) is 0.719. The Morgan fingerprint density at radius 2 is 1.89 bits per heavy atom. The van der Waals surface area contributed by atoms with Crippen LogP contribution in [0.5, 0.6) is 11.6 Å². The molecule has 0 saturated heterocycles. The van der Waals surface area contributed by atoms with E-state index in [1.54, 1.807) is 24.3 Å². The fourth-order valence-electron chi connectivity index (χ4n) is 3.13. The van der Waals surface area contributed by atoms with Crippen molar-refractivity contribution in [3.8, 4) is 17.7 Å². The first-order chi connectivity index (χ1) is 13.2. The zero-order chi connectivity index (χ0) is 18.6. The lowest BCUT2D eigenvalue weighted by molar-refractivity contribution is 0.0734. The van der Waals surface area contributed by atoms with Crippen molar-refractivity contribution >= 4 is 5.91 Å². The van der Waals surface area contributed by atoms with Crippen molar-refractivity contribution in [1.29, 1.82) is 5.26 Å². The van der Waals surface area contributed by atoms with Crippen molar-refractivity contribution in [3.63, 3.8) is 0 Å². The van der Waals surface area contributed by atoms with Crippen LogP contribution in [0.25, 0.3) is 0 Å². The standard InChI is InChI=1S/C21H16N4O2/c22-13-19-20(24-10-9-23-19)27-18-7-3-6-16(12-18)21(26)25-11-8-15-4-1-2-5-17(15)14-25/h1-7,9-10,12H,8,11,14H2. The number of ether oxygens (including phenoxy) is 1. The Morgan fingerprint density at radius 3 is 2.74 bits per heavy atom. The van der Waals surface area contributed by atoms with Crippen LogP contribution in [0.15, 0.2) is 60.9 Å². The van der Waals surface area contributed by atoms with Crippen molar-refractivity contribution in [2.24, 2.45) is 0 Å². The molecule has 2 heterocycles. The van der Waals surface area contributed by atoms with Gasteiger partial charge in [0.05, 0.1) is 0 Å². The predicted molar refractivity (Wildman–Crippen MR) is 98.1 cm³/mol. The summed E-state index contributed by atoms with van der Waals surface area (Å²) in [5, 5.41) is 9.10. The van der Waals surface area contributed by atoms with Crippen LogP contribution < -0.4 is 4.74 Å². The highest BCUT2D eigenvalue weighted by Crippen LogP contribution is 2.24. The molecule has 2 aromatic carbocycles. The van der Waals surface area contributed by atoms with E-state index in [0.29, 0.717) is 24.4 Å². The smallest absolute Gasteiger partial charge is 0.256 e. The molecule has 1 aromatic heterocycles. The number of nitrogens with zero attached hydrogens (tertiary/aromatic N) is 4. The average molecular weight is 356 g/mol. The molecule has 6 heteroatoms. The Balaban J connectivity index is 1.54. The van der Waals surface area contributed by atoms with Crippen LogP contribution in [-0.2, 0) is 13.0 Å². The van der Waals surface area contributed by atoms with Crippen LogP contribution in [0.4, 0.5) is 0 Å². The third kappa shape index (κ3) is 3.48. The lowest BCUT2D eigenvalue weighted by atomic mass is 9.99. The van der Waals surface area contributed by atoms with Crippen LogP contribution in [0.2, 0.25) is 0 Å². The molecule has 0 N–H and O–H groups in total. The van der Waals surface area contributed by atoms with Crippen molar-refractivity contribution in [2.45, 2.75) is 13.0 Å². The van der Waals surface area contributed by atoms with Gasteiger partial charge in [0.1, 0.15) is 11.8 Å². The van der Waals surface area contributed by atoms with Gasteiger partial charge < -0.3 is 9.64 Å². The number of hydrogen-bond donors (Lipinski definition) is 0. The molecular weight excluding hydrogens is 340 g/mol. The Kier molecular flexibility index (Phi) is 4.50. The number of carbonyl (C=O) groups excluding carboxylic acids is 1. The van der Waals surface area contributed by atoms with Crippen LogP contribution in [-0.4, -0.2) is 27.3 Å². The second-order valence-electron chi connectivity index (χ2n) is 6.20. The van der Waals surface area contributed by atoms with E-state index in [4.69, 9.17) is 10.00 Å². The summed E-state index contributed by atoms with van der Waals surface area (Å²) >= 11 is 0. The fourth-order valence-corrected chi connectivity index (χ4v) is 3.13. The zero-order valence-corrected chi connectivity index (χ0v) is 14.5. The molecular formula is C21H16N4O2. The summed E-state index contributed by atoms with van der Waals surface area (Å²) < 4.78 is 5.67. The van der Waals surface area contributed by atoms with Crippen LogP contribution in [0.1, 0.15) is 27.2 Å². The van der Waals surface area contributed by atoms with Gasteiger partial charge in [-0.3, -0.25) is 4.79 Å². The summed E-state index contributed by atoms with van der Waals surface area (Å²) in [6.07, 6.45) is 3.74. The summed E-state index contributed by atoms with van der Waals surface area (Å²) in [4.78, 5) is 22.7. The largest absolute Gasteiger partial charge is 0.436 e. The summed E-state index contributed by atoms with van der Waals surface area (Å²) in [6, 6.07) is 17.0. The van der Waals surface area contributed by atoms with E-state index < -0.39 is 0 Å². The summed E-state index contributed by atoms with van der Waals surface area (Å²) in [5.74, 6) is 0.515. The number of amides is 1. The van der Waals surface area contributed by atoms with Crippen molar-refractivity contribution in [1.82, 2.24) is 14.9 Å². The van der Waals surface area contributed by atoms with E-state index in [1.807, 2.05) is 23.1 Å². The molecule has 132 valence electrons. The Morgan fingerprint density at radius 1 is 1.07 bits per heavy atom. The molecule has 0 aliphatic carbocycles. The van der Waals surface area contributed by atoms with Gasteiger partial charge in [-0.05, 0) is 35.7 Å². The number of carbonyl (C=O) groups is 1. The molecule has 4 rings (SSSR count). The highest BCUT2D eigenvalue weighted by Gasteiger charge is 2.22. The molecule has 0 fully saturated rings. The lowest BCUT2D eigenvalue weighted by Crippen LogP contribution is -2.35. The van der Waals surface area contributed by atoms with Gasteiger partial charge >= 0.3 is 0 Å². The number of benzene rings is 2. The van der Waals surface area contributed by atoms with E-state index in [1.165, 1.54) is 23.5 Å². The van der Waals surface area contributed by atoms with E-state index in [2.05, 4.69) is 22.1 Å². The van der Waals surface area contributed by atoms with Gasteiger partial charge in [0.25, 0.3) is 11.8 Å². The Bertz CT molecular complexity index is 1040. The minimum Gasteiger partial charge on any atom is -0.436 e. The molecule has 1 amide bonds. The fraction of sp³-hybridized carbons (Fsp3) is 0.143. The SMILES string of the molecule is N#Cc1nccnc1Oc1cccc(C(=O)N2CCc3ccccc3C2)c1. The van der Waals surface area contributed by atoms with Gasteiger partial charge in [0.15, 0.2) is 0 Å². The maximum atomic E-state index is 12.9. The second-order valence-corrected chi connectivity index (χ2v) is 6.20. The first kappa shape index (κ1) is 16.7. The van der Waals surface area contributed by atoms with Crippen molar-refractivity contribution in [2.75, 3.05) is 6.54 Å². The molecule has 1 aliphatic heterocycles. The lowest BCUT2D eigenvalue weighted by Gasteiger charge is -2.29. The number of aromatic nitrogens is 2. The molecule has 3 aromatic rings. The summed E-state index contributed by atoms with van der Waals surface area (Å²) in [6.45, 7) is 1.28. The minimum atomic E-state index is -0.0467. The topological polar surface area (TPSA) is 79.1 Å². The van der Waals surface area contributed by atoms with E-state index in [-0.39, 0.29) is 17.5 Å². The second kappa shape index (κ2) is 7.26. The van der Waals surface area contributed by atoms with E-state index in [0.717, 1.165) is 6.42 Å². The van der Waals surface area contributed by atoms with E-state index >= 15 is 0 Å². The number of hydrogen-bond acceptors (Lipinski definition) is 5. The molecule has 0 radical (unpaired) electrons. The Hall–Kier alpha value is -3.72. The summed E-state index contributed by atoms with van der Waals surface area (Å²) in [7, 11) is 0. The van der Waals surface area contributed by atoms with E-state index in [9.17, 15) is 4.79 Å². The highest BCUT2D eigenvalue weighted by atomic mass is 16.5. The third-order valence-electron chi connectivity index (χ3n) is 4.48. The number of fused-ring (bicyclic) bond motifs is 1. The van der Waals surface area contributed by atoms with Crippen molar-refractivity contribution < 1.29 is 9.53 Å². The maximum absolute atomic E-state index is 12.9. The maximum Gasteiger partial charge on any atom is 0.256 e. The van der Waals surface area contributed by atoms with Gasteiger partial charge in [-0.2, -0.15) is 5.26 Å². The van der Waals surface area contributed by atoms with Gasteiger partial charge in [0.2, 0.25) is 5.69 Å². The molecule has 27 heavy (non-hydrogen) atoms. The normalized spacial score (nSPS) is 12.8. The predicted octanol–water partition coefficient (Wildman–Crippen LogP) is 3.34. The molecule has 0 spiro atoms. The van der Waals surface area contributed by atoms with Crippen molar-refractivity contribution in [3.05, 3.63) is 83.3 Å². The molecule has 0 unspecified atom stereocenters. The molecule has 6 nitrogen and oxygen atoms in total. The molecule has 1 aliphatic rings. The van der Waals surface area contributed by atoms with Gasteiger partial charge in [0, 0.05) is 31.0 Å². The monoisotopic (exact) mass is 356 g/mol. The molecule has 0 saturated carbocycles. The Labute approximate surface area is 156 Å². The number of rotatable bonds is 3. The average Bonchev–Trinajstić information content (AvgIpc) is 2.73. The highest BCUT2D eigenvalue weighted by molar-refractivity contribution is 5.94. The van der Waals surface area contributed by atoms with Crippen LogP contribution >= 0.6 is 0 Å². The minimum absolute atomic E-state index is 0.0467. The van der Waals surface area contributed by atoms with Crippen LogP contribution in [0.3, 0.4) is 0 Å². The zero-order valence-electron chi connectivity index (χ0n) is 14.5. The first-order valence-electron chi connectivity index (χ1n) is 8.59. The molecule has 0 bridgehead atoms. The van der Waals surface area contributed by atoms with Crippen LogP contribution in [0, 0.1) is 11.3 Å².